The highest BCUT2D eigenvalue weighted by molar-refractivity contribution is 5.92. The normalized spacial score (nSPS) is 10.2. The number of phenols is 1. The maximum atomic E-state index is 11.8. The molecule has 0 saturated carbocycles. The second-order valence-electron chi connectivity index (χ2n) is 4.43. The number of phenolic OH excluding ortho intramolecular Hbond substituents is 1. The van der Waals surface area contributed by atoms with Crippen LogP contribution in [-0.4, -0.2) is 22.5 Å². The van der Waals surface area contributed by atoms with Crippen LogP contribution in [0.4, 0.5) is 0 Å². The molecule has 0 unspecified atom stereocenters. The van der Waals surface area contributed by atoms with E-state index in [1.54, 1.807) is 30.5 Å². The number of rotatable bonds is 5. The van der Waals surface area contributed by atoms with Crippen LogP contribution in [0, 0.1) is 0 Å². The third-order valence-electron chi connectivity index (χ3n) is 2.93. The molecule has 0 aliphatic carbocycles. The number of carbonyl (C=O) groups is 1. The Balaban J connectivity index is 1.83. The average molecular weight is 271 g/mol. The second kappa shape index (κ2) is 6.68. The highest BCUT2D eigenvalue weighted by Crippen LogP contribution is 2.09. The number of nitrogens with two attached hydrogens (primary N) is 1. The van der Waals surface area contributed by atoms with E-state index in [2.05, 4.69) is 10.3 Å². The van der Waals surface area contributed by atoms with Crippen molar-refractivity contribution >= 4 is 5.91 Å². The van der Waals surface area contributed by atoms with E-state index in [1.165, 1.54) is 0 Å². The van der Waals surface area contributed by atoms with Gasteiger partial charge in [0.1, 0.15) is 11.4 Å². The van der Waals surface area contributed by atoms with Gasteiger partial charge in [-0.3, -0.25) is 9.78 Å². The summed E-state index contributed by atoms with van der Waals surface area (Å²) in [5.74, 6) is 0.0364. The van der Waals surface area contributed by atoms with Gasteiger partial charge in [0.05, 0.1) is 0 Å². The molecular formula is C15H17N3O2. The first kappa shape index (κ1) is 14.0. The smallest absolute Gasteiger partial charge is 0.269 e. The summed E-state index contributed by atoms with van der Waals surface area (Å²) in [4.78, 5) is 15.9. The van der Waals surface area contributed by atoms with Gasteiger partial charge in [0.15, 0.2) is 0 Å². The predicted octanol–water partition coefficient (Wildman–Crippen LogP) is 1.22. The molecule has 5 nitrogen and oxygen atoms in total. The van der Waals surface area contributed by atoms with Crippen LogP contribution < -0.4 is 11.1 Å². The van der Waals surface area contributed by atoms with Crippen molar-refractivity contribution in [2.24, 2.45) is 5.73 Å². The van der Waals surface area contributed by atoms with E-state index >= 15 is 0 Å². The number of hydrogen-bond donors (Lipinski definition) is 3. The van der Waals surface area contributed by atoms with E-state index < -0.39 is 0 Å². The van der Waals surface area contributed by atoms with Crippen LogP contribution in [-0.2, 0) is 13.0 Å². The van der Waals surface area contributed by atoms with Crippen molar-refractivity contribution in [1.82, 2.24) is 10.3 Å². The fourth-order valence-corrected chi connectivity index (χ4v) is 1.75. The molecule has 1 aromatic carbocycles. The maximum Gasteiger partial charge on any atom is 0.269 e. The molecule has 0 aliphatic rings. The molecule has 0 spiro atoms. The molecule has 4 N–H and O–H groups in total. The Kier molecular flexibility index (Phi) is 4.68. The molecule has 5 heteroatoms. The molecular weight excluding hydrogens is 254 g/mol. The zero-order valence-electron chi connectivity index (χ0n) is 11.0. The molecule has 0 bridgehead atoms. The minimum absolute atomic E-state index is 0.202. The zero-order valence-corrected chi connectivity index (χ0v) is 11.0. The number of nitrogens with zero attached hydrogens (tertiary/aromatic N) is 1. The lowest BCUT2D eigenvalue weighted by Crippen LogP contribution is -2.26. The Morgan fingerprint density at radius 1 is 1.15 bits per heavy atom. The highest BCUT2D eigenvalue weighted by Gasteiger charge is 2.06. The summed E-state index contributed by atoms with van der Waals surface area (Å²) in [5, 5.41) is 12.0. The lowest BCUT2D eigenvalue weighted by Gasteiger charge is -2.05. The van der Waals surface area contributed by atoms with Gasteiger partial charge < -0.3 is 16.2 Å². The van der Waals surface area contributed by atoms with E-state index in [-0.39, 0.29) is 11.7 Å². The van der Waals surface area contributed by atoms with Gasteiger partial charge in [0.25, 0.3) is 5.91 Å². The number of hydrogen-bond acceptors (Lipinski definition) is 4. The molecule has 0 radical (unpaired) electrons. The number of carbonyl (C=O) groups excluding carboxylic acids is 1. The Morgan fingerprint density at radius 2 is 1.85 bits per heavy atom. The molecule has 104 valence electrons. The quantitative estimate of drug-likeness (QED) is 0.763. The van der Waals surface area contributed by atoms with E-state index in [0.29, 0.717) is 25.2 Å². The van der Waals surface area contributed by atoms with Crippen molar-refractivity contribution in [3.63, 3.8) is 0 Å². The van der Waals surface area contributed by atoms with E-state index in [9.17, 15) is 9.90 Å². The summed E-state index contributed by atoms with van der Waals surface area (Å²) >= 11 is 0. The Bertz CT molecular complexity index is 565. The first-order valence-electron chi connectivity index (χ1n) is 6.40. The molecule has 0 saturated heterocycles. The first-order chi connectivity index (χ1) is 9.69. The van der Waals surface area contributed by atoms with Crippen LogP contribution in [0.25, 0.3) is 0 Å². The topological polar surface area (TPSA) is 88.2 Å². The molecule has 0 atom stereocenters. The van der Waals surface area contributed by atoms with Gasteiger partial charge in [0, 0.05) is 19.3 Å². The van der Waals surface area contributed by atoms with Crippen molar-refractivity contribution in [3.05, 3.63) is 59.4 Å². The van der Waals surface area contributed by atoms with Gasteiger partial charge in [0.2, 0.25) is 0 Å². The van der Waals surface area contributed by atoms with Gasteiger partial charge >= 0.3 is 0 Å². The summed E-state index contributed by atoms with van der Waals surface area (Å²) < 4.78 is 0. The SMILES string of the molecule is NCc1ccc(C(=O)NCCc2ccc(O)cc2)nc1. The largest absolute Gasteiger partial charge is 0.508 e. The van der Waals surface area contributed by atoms with Crippen molar-refractivity contribution in [2.75, 3.05) is 6.54 Å². The fourth-order valence-electron chi connectivity index (χ4n) is 1.75. The summed E-state index contributed by atoms with van der Waals surface area (Å²) in [6, 6.07) is 10.4. The number of benzene rings is 1. The molecule has 0 aliphatic heterocycles. The Labute approximate surface area is 117 Å². The summed E-state index contributed by atoms with van der Waals surface area (Å²) in [7, 11) is 0. The number of amides is 1. The second-order valence-corrected chi connectivity index (χ2v) is 4.43. The average Bonchev–Trinajstić information content (AvgIpc) is 2.49. The van der Waals surface area contributed by atoms with Gasteiger partial charge in [-0.25, -0.2) is 0 Å². The molecule has 2 rings (SSSR count). The predicted molar refractivity (Wildman–Crippen MR) is 76.3 cm³/mol. The number of pyridine rings is 1. The highest BCUT2D eigenvalue weighted by atomic mass is 16.3. The van der Waals surface area contributed by atoms with E-state index in [1.807, 2.05) is 12.1 Å². The number of nitrogens with one attached hydrogen (secondary N) is 1. The molecule has 1 aromatic heterocycles. The molecule has 0 fully saturated rings. The van der Waals surface area contributed by atoms with Crippen molar-refractivity contribution in [1.29, 1.82) is 0 Å². The van der Waals surface area contributed by atoms with Crippen LogP contribution in [0.2, 0.25) is 0 Å². The van der Waals surface area contributed by atoms with Crippen LogP contribution in [0.3, 0.4) is 0 Å². The third-order valence-corrected chi connectivity index (χ3v) is 2.93. The van der Waals surface area contributed by atoms with Gasteiger partial charge in [-0.2, -0.15) is 0 Å². The number of aromatic nitrogens is 1. The van der Waals surface area contributed by atoms with Gasteiger partial charge in [-0.05, 0) is 35.7 Å². The van der Waals surface area contributed by atoms with Crippen LogP contribution in [0.1, 0.15) is 21.6 Å². The first-order valence-corrected chi connectivity index (χ1v) is 6.40. The summed E-state index contributed by atoms with van der Waals surface area (Å²) in [6.45, 7) is 0.930. The molecule has 1 heterocycles. The minimum atomic E-state index is -0.202. The summed E-state index contributed by atoms with van der Waals surface area (Å²) in [5.41, 5.74) is 7.80. The lowest BCUT2D eigenvalue weighted by atomic mass is 10.1. The van der Waals surface area contributed by atoms with Crippen molar-refractivity contribution < 1.29 is 9.90 Å². The molecule has 1 amide bonds. The lowest BCUT2D eigenvalue weighted by molar-refractivity contribution is 0.0949. The Morgan fingerprint density at radius 3 is 2.45 bits per heavy atom. The Hall–Kier alpha value is -2.40. The monoisotopic (exact) mass is 271 g/mol. The molecule has 2 aromatic rings. The maximum absolute atomic E-state index is 11.8. The van der Waals surface area contributed by atoms with E-state index in [0.717, 1.165) is 11.1 Å². The standard InChI is InChI=1S/C15H17N3O2/c16-9-12-3-6-14(18-10-12)15(20)17-8-7-11-1-4-13(19)5-2-11/h1-6,10,19H,7-9,16H2,(H,17,20). The third kappa shape index (κ3) is 3.80. The van der Waals surface area contributed by atoms with Crippen molar-refractivity contribution in [3.8, 4) is 5.75 Å². The summed E-state index contributed by atoms with van der Waals surface area (Å²) in [6.07, 6.45) is 2.31. The van der Waals surface area contributed by atoms with Crippen molar-refractivity contribution in [2.45, 2.75) is 13.0 Å². The van der Waals surface area contributed by atoms with Crippen LogP contribution >= 0.6 is 0 Å². The minimum Gasteiger partial charge on any atom is -0.508 e. The fraction of sp³-hybridized carbons (Fsp3) is 0.200. The van der Waals surface area contributed by atoms with Gasteiger partial charge in [-0.1, -0.05) is 18.2 Å². The van der Waals surface area contributed by atoms with Gasteiger partial charge in [-0.15, -0.1) is 0 Å². The number of aromatic hydroxyl groups is 1. The van der Waals surface area contributed by atoms with Crippen LogP contribution in [0.15, 0.2) is 42.6 Å². The molecule has 20 heavy (non-hydrogen) atoms. The van der Waals surface area contributed by atoms with E-state index in [4.69, 9.17) is 5.73 Å². The van der Waals surface area contributed by atoms with Crippen LogP contribution in [0.5, 0.6) is 5.75 Å². The zero-order chi connectivity index (χ0) is 14.4.